The molecule has 0 radical (unpaired) electrons. The van der Waals surface area contributed by atoms with Crippen molar-refractivity contribution in [3.63, 3.8) is 0 Å². The highest BCUT2D eigenvalue weighted by Gasteiger charge is 2.09. The van der Waals surface area contributed by atoms with Gasteiger partial charge in [0.25, 0.3) is 0 Å². The molecule has 1 aliphatic rings. The molecule has 3 N–H and O–H groups in total. The normalized spacial score (nSPS) is 16.3. The minimum atomic E-state index is -0.622. The molecule has 1 saturated heterocycles. The van der Waals surface area contributed by atoms with Gasteiger partial charge in [0.05, 0.1) is 19.8 Å². The van der Waals surface area contributed by atoms with E-state index in [1.165, 1.54) is 12.1 Å². The summed E-state index contributed by atoms with van der Waals surface area (Å²) in [6, 6.07) is 4.31. The number of ether oxygens (including phenoxy) is 1. The average molecular weight is 324 g/mol. The van der Waals surface area contributed by atoms with Crippen LogP contribution in [0.15, 0.2) is 23.2 Å². The van der Waals surface area contributed by atoms with Gasteiger partial charge in [-0.05, 0) is 24.6 Å². The molecule has 1 fully saturated rings. The number of phenolic OH excluding ortho intramolecular Hbond substituents is 1. The molecular weight excluding hydrogens is 299 g/mol. The van der Waals surface area contributed by atoms with Gasteiger partial charge < -0.3 is 20.5 Å². The fraction of sp³-hybridized carbons (Fsp3) is 0.562. The van der Waals surface area contributed by atoms with Crippen molar-refractivity contribution in [1.82, 2.24) is 15.5 Å². The number of halogens is 1. The summed E-state index contributed by atoms with van der Waals surface area (Å²) in [7, 11) is 0. The van der Waals surface area contributed by atoms with Crippen molar-refractivity contribution in [3.8, 4) is 5.75 Å². The number of morpholine rings is 1. The number of hydrogen-bond donors (Lipinski definition) is 3. The maximum Gasteiger partial charge on any atom is 0.191 e. The molecule has 2 rings (SSSR count). The third-order valence-electron chi connectivity index (χ3n) is 3.60. The summed E-state index contributed by atoms with van der Waals surface area (Å²) in [6.45, 7) is 8.33. The summed E-state index contributed by atoms with van der Waals surface area (Å²) in [4.78, 5) is 6.78. The molecule has 0 aromatic heterocycles. The zero-order valence-corrected chi connectivity index (χ0v) is 13.5. The third-order valence-corrected chi connectivity index (χ3v) is 3.60. The van der Waals surface area contributed by atoms with Gasteiger partial charge in [0, 0.05) is 32.7 Å². The highest BCUT2D eigenvalue weighted by atomic mass is 19.1. The maximum atomic E-state index is 13.3. The molecule has 6 nitrogen and oxygen atoms in total. The Kier molecular flexibility index (Phi) is 7.09. The number of nitrogens with zero attached hydrogens (tertiary/aromatic N) is 2. The van der Waals surface area contributed by atoms with Crippen LogP contribution in [0.3, 0.4) is 0 Å². The number of rotatable bonds is 6. The van der Waals surface area contributed by atoms with Crippen LogP contribution in [0.5, 0.6) is 5.75 Å². The second-order valence-electron chi connectivity index (χ2n) is 5.36. The van der Waals surface area contributed by atoms with Crippen molar-refractivity contribution in [3.05, 3.63) is 29.6 Å². The Balaban J connectivity index is 1.82. The van der Waals surface area contributed by atoms with Crippen LogP contribution in [0.1, 0.15) is 12.5 Å². The lowest BCUT2D eigenvalue weighted by molar-refractivity contribution is 0.0389. The molecule has 23 heavy (non-hydrogen) atoms. The Bertz CT molecular complexity index is 519. The number of benzene rings is 1. The van der Waals surface area contributed by atoms with Crippen LogP contribution in [-0.4, -0.2) is 61.9 Å². The van der Waals surface area contributed by atoms with Crippen LogP contribution in [0, 0.1) is 5.82 Å². The van der Waals surface area contributed by atoms with E-state index in [1.807, 2.05) is 6.92 Å². The van der Waals surface area contributed by atoms with E-state index < -0.39 is 5.82 Å². The molecule has 0 unspecified atom stereocenters. The smallest absolute Gasteiger partial charge is 0.191 e. The van der Waals surface area contributed by atoms with Crippen molar-refractivity contribution in [1.29, 1.82) is 0 Å². The molecular formula is C16H25FN4O2. The van der Waals surface area contributed by atoms with Crippen molar-refractivity contribution >= 4 is 5.96 Å². The Morgan fingerprint density at radius 2 is 2.13 bits per heavy atom. The Labute approximate surface area is 136 Å². The lowest BCUT2D eigenvalue weighted by atomic mass is 10.2. The summed E-state index contributed by atoms with van der Waals surface area (Å²) in [5, 5.41) is 15.6. The van der Waals surface area contributed by atoms with Gasteiger partial charge in [-0.3, -0.25) is 4.90 Å². The first-order valence-corrected chi connectivity index (χ1v) is 7.98. The lowest BCUT2D eigenvalue weighted by Gasteiger charge is -2.26. The molecule has 1 aliphatic heterocycles. The standard InChI is InChI=1S/C16H25FN4O2/c1-2-18-16(19-5-6-21-7-9-23-10-8-21)20-12-13-3-4-15(22)14(17)11-13/h3-4,11,22H,2,5-10,12H2,1H3,(H2,18,19,20). The van der Waals surface area contributed by atoms with Crippen LogP contribution < -0.4 is 10.6 Å². The second kappa shape index (κ2) is 9.32. The van der Waals surface area contributed by atoms with E-state index >= 15 is 0 Å². The van der Waals surface area contributed by atoms with Crippen LogP contribution in [0.4, 0.5) is 4.39 Å². The number of hydrogen-bond acceptors (Lipinski definition) is 4. The molecule has 0 saturated carbocycles. The Morgan fingerprint density at radius 1 is 1.35 bits per heavy atom. The van der Waals surface area contributed by atoms with E-state index in [-0.39, 0.29) is 5.75 Å². The lowest BCUT2D eigenvalue weighted by Crippen LogP contribution is -2.44. The zero-order chi connectivity index (χ0) is 16.5. The number of guanidine groups is 1. The number of phenols is 1. The monoisotopic (exact) mass is 324 g/mol. The third kappa shape index (κ3) is 6.03. The first-order chi connectivity index (χ1) is 11.2. The predicted octanol–water partition coefficient (Wildman–Crippen LogP) is 0.919. The van der Waals surface area contributed by atoms with Crippen LogP contribution >= 0.6 is 0 Å². The maximum absolute atomic E-state index is 13.3. The van der Waals surface area contributed by atoms with Crippen LogP contribution in [0.25, 0.3) is 0 Å². The van der Waals surface area contributed by atoms with E-state index in [2.05, 4.69) is 20.5 Å². The van der Waals surface area contributed by atoms with Gasteiger partial charge in [-0.15, -0.1) is 0 Å². The predicted molar refractivity (Wildman–Crippen MR) is 88.1 cm³/mol. The number of aromatic hydroxyl groups is 1. The Morgan fingerprint density at radius 3 is 2.83 bits per heavy atom. The molecule has 0 bridgehead atoms. The molecule has 1 aromatic carbocycles. The van der Waals surface area contributed by atoms with Gasteiger partial charge in [-0.2, -0.15) is 0 Å². The summed E-state index contributed by atoms with van der Waals surface area (Å²) in [6.07, 6.45) is 0. The molecule has 0 aliphatic carbocycles. The van der Waals surface area contributed by atoms with E-state index in [1.54, 1.807) is 6.07 Å². The minimum Gasteiger partial charge on any atom is -0.505 e. The molecule has 1 heterocycles. The molecule has 1 aromatic rings. The minimum absolute atomic E-state index is 0.340. The summed E-state index contributed by atoms with van der Waals surface area (Å²) >= 11 is 0. The van der Waals surface area contributed by atoms with Crippen molar-refractivity contribution in [2.75, 3.05) is 45.9 Å². The topological polar surface area (TPSA) is 69.1 Å². The average Bonchev–Trinajstić information content (AvgIpc) is 2.56. The fourth-order valence-electron chi connectivity index (χ4n) is 2.32. The second-order valence-corrected chi connectivity index (χ2v) is 5.36. The van der Waals surface area contributed by atoms with Gasteiger partial charge in [-0.25, -0.2) is 9.38 Å². The fourth-order valence-corrected chi connectivity index (χ4v) is 2.32. The molecule has 0 spiro atoms. The summed E-state index contributed by atoms with van der Waals surface area (Å²) < 4.78 is 18.6. The highest BCUT2D eigenvalue weighted by molar-refractivity contribution is 5.79. The number of aliphatic imine (C=N–C) groups is 1. The summed E-state index contributed by atoms with van der Waals surface area (Å²) in [5.41, 5.74) is 0.714. The summed E-state index contributed by atoms with van der Waals surface area (Å²) in [5.74, 6) is -0.259. The first kappa shape index (κ1) is 17.5. The van der Waals surface area contributed by atoms with Gasteiger partial charge in [0.2, 0.25) is 0 Å². The Hall–Kier alpha value is -1.86. The van der Waals surface area contributed by atoms with E-state index in [0.717, 1.165) is 45.9 Å². The van der Waals surface area contributed by atoms with E-state index in [4.69, 9.17) is 4.74 Å². The van der Waals surface area contributed by atoms with E-state index in [9.17, 15) is 9.50 Å². The molecule has 128 valence electrons. The number of nitrogens with one attached hydrogen (secondary N) is 2. The molecule has 0 atom stereocenters. The van der Waals surface area contributed by atoms with Crippen molar-refractivity contribution < 1.29 is 14.2 Å². The zero-order valence-electron chi connectivity index (χ0n) is 13.5. The van der Waals surface area contributed by atoms with Crippen LogP contribution in [0.2, 0.25) is 0 Å². The van der Waals surface area contributed by atoms with Gasteiger partial charge in [-0.1, -0.05) is 6.07 Å². The SMILES string of the molecule is CCNC(=NCc1ccc(O)c(F)c1)NCCN1CCOCC1. The molecule has 7 heteroatoms. The molecule has 0 amide bonds. The van der Waals surface area contributed by atoms with Gasteiger partial charge in [0.15, 0.2) is 17.5 Å². The first-order valence-electron chi connectivity index (χ1n) is 7.98. The largest absolute Gasteiger partial charge is 0.505 e. The van der Waals surface area contributed by atoms with E-state index in [0.29, 0.717) is 18.1 Å². The quantitative estimate of drug-likeness (QED) is 0.536. The van der Waals surface area contributed by atoms with Crippen LogP contribution in [-0.2, 0) is 11.3 Å². The highest BCUT2D eigenvalue weighted by Crippen LogP contribution is 2.16. The van der Waals surface area contributed by atoms with Gasteiger partial charge >= 0.3 is 0 Å². The van der Waals surface area contributed by atoms with Crippen molar-refractivity contribution in [2.45, 2.75) is 13.5 Å². The van der Waals surface area contributed by atoms with Crippen molar-refractivity contribution in [2.24, 2.45) is 4.99 Å². The van der Waals surface area contributed by atoms with Gasteiger partial charge in [0.1, 0.15) is 0 Å².